The van der Waals surface area contributed by atoms with Gasteiger partial charge in [-0.2, -0.15) is 0 Å². The number of amides is 1. The molecule has 1 fully saturated rings. The molecule has 17 heavy (non-hydrogen) atoms. The minimum absolute atomic E-state index is 0.0113. The maximum absolute atomic E-state index is 12.2. The summed E-state index contributed by atoms with van der Waals surface area (Å²) in [5.41, 5.74) is 6.10. The number of nitrogens with two attached hydrogens (primary N) is 1. The molecule has 0 aromatic carbocycles. The molecule has 0 aliphatic carbocycles. The topological polar surface area (TPSA) is 79.5 Å². The van der Waals surface area contributed by atoms with Crippen LogP contribution in [0.3, 0.4) is 0 Å². The molecule has 1 atom stereocenters. The monoisotopic (exact) mass is 235 g/mol. The lowest BCUT2D eigenvalue weighted by Crippen LogP contribution is -2.47. The molecular weight excluding hydrogens is 218 g/mol. The van der Waals surface area contributed by atoms with Crippen molar-refractivity contribution in [1.82, 2.24) is 9.88 Å². The van der Waals surface area contributed by atoms with E-state index in [2.05, 4.69) is 4.98 Å². The van der Waals surface area contributed by atoms with Crippen LogP contribution in [0.2, 0.25) is 0 Å². The molecule has 5 nitrogen and oxygen atoms in total. The normalized spacial score (nSPS) is 20.3. The van der Waals surface area contributed by atoms with E-state index in [1.54, 1.807) is 4.90 Å². The Kier molecular flexibility index (Phi) is 3.58. The Hall–Kier alpha value is -1.62. The predicted molar refractivity (Wildman–Crippen MR) is 63.6 cm³/mol. The van der Waals surface area contributed by atoms with Gasteiger partial charge in [-0.3, -0.25) is 9.78 Å². The summed E-state index contributed by atoms with van der Waals surface area (Å²) in [5, 5.41) is 9.33. The average Bonchev–Trinajstić information content (AvgIpc) is 2.38. The molecule has 1 saturated heterocycles. The number of aromatic hydroxyl groups is 1. The minimum atomic E-state index is -0.0939. The number of nitrogens with zero attached hydrogens (tertiary/aromatic N) is 2. The maximum Gasteiger partial charge on any atom is 0.255 e. The van der Waals surface area contributed by atoms with Crippen molar-refractivity contribution in [1.29, 1.82) is 0 Å². The second-order valence-electron chi connectivity index (χ2n) is 4.32. The standard InChI is InChI=1S/C12H17N3O2/c13-6-10-3-1-2-4-15(10)12(17)9-5-11(16)8-14-7-9/h5,7-8,10,16H,1-4,6,13H2. The lowest BCUT2D eigenvalue weighted by molar-refractivity contribution is 0.0622. The first kappa shape index (κ1) is 11.9. The summed E-state index contributed by atoms with van der Waals surface area (Å²) in [7, 11) is 0. The second-order valence-corrected chi connectivity index (χ2v) is 4.32. The van der Waals surface area contributed by atoms with Gasteiger partial charge in [0, 0.05) is 25.3 Å². The Bertz CT molecular complexity index is 408. The third-order valence-corrected chi connectivity index (χ3v) is 3.13. The fourth-order valence-electron chi connectivity index (χ4n) is 2.22. The zero-order valence-corrected chi connectivity index (χ0v) is 9.67. The van der Waals surface area contributed by atoms with Crippen LogP contribution in [0.1, 0.15) is 29.6 Å². The average molecular weight is 235 g/mol. The molecule has 2 rings (SSSR count). The molecular formula is C12H17N3O2. The Morgan fingerprint density at radius 2 is 2.35 bits per heavy atom. The fraction of sp³-hybridized carbons (Fsp3) is 0.500. The highest BCUT2D eigenvalue weighted by Crippen LogP contribution is 2.19. The summed E-state index contributed by atoms with van der Waals surface area (Å²) in [6, 6.07) is 1.55. The molecule has 1 aromatic heterocycles. The van der Waals surface area contributed by atoms with Gasteiger partial charge in [-0.05, 0) is 25.3 Å². The molecule has 0 bridgehead atoms. The molecule has 3 N–H and O–H groups in total. The van der Waals surface area contributed by atoms with Crippen LogP contribution in [0.15, 0.2) is 18.5 Å². The number of aromatic nitrogens is 1. The molecule has 1 aromatic rings. The van der Waals surface area contributed by atoms with E-state index < -0.39 is 0 Å². The van der Waals surface area contributed by atoms with Crippen LogP contribution in [0.4, 0.5) is 0 Å². The van der Waals surface area contributed by atoms with Crippen molar-refractivity contribution in [2.45, 2.75) is 25.3 Å². The van der Waals surface area contributed by atoms with Gasteiger partial charge in [0.15, 0.2) is 0 Å². The molecule has 1 amide bonds. The van der Waals surface area contributed by atoms with Crippen LogP contribution in [0.25, 0.3) is 0 Å². The third-order valence-electron chi connectivity index (χ3n) is 3.13. The Morgan fingerprint density at radius 1 is 1.53 bits per heavy atom. The van der Waals surface area contributed by atoms with E-state index >= 15 is 0 Å². The zero-order chi connectivity index (χ0) is 12.3. The van der Waals surface area contributed by atoms with E-state index in [4.69, 9.17) is 5.73 Å². The molecule has 92 valence electrons. The van der Waals surface area contributed by atoms with Gasteiger partial charge in [0.2, 0.25) is 0 Å². The molecule has 1 unspecified atom stereocenters. The molecule has 1 aliphatic rings. The summed E-state index contributed by atoms with van der Waals surface area (Å²) in [6.45, 7) is 1.22. The van der Waals surface area contributed by atoms with Crippen molar-refractivity contribution in [3.8, 4) is 5.75 Å². The smallest absolute Gasteiger partial charge is 0.255 e. The molecule has 0 spiro atoms. The molecule has 5 heteroatoms. The minimum Gasteiger partial charge on any atom is -0.506 e. The molecule has 1 aliphatic heterocycles. The van der Waals surface area contributed by atoms with Gasteiger partial charge >= 0.3 is 0 Å². The largest absolute Gasteiger partial charge is 0.506 e. The number of rotatable bonds is 2. The van der Waals surface area contributed by atoms with E-state index in [-0.39, 0.29) is 17.7 Å². The van der Waals surface area contributed by atoms with Crippen molar-refractivity contribution in [2.75, 3.05) is 13.1 Å². The van der Waals surface area contributed by atoms with Gasteiger partial charge in [0.25, 0.3) is 5.91 Å². The van der Waals surface area contributed by atoms with Crippen molar-refractivity contribution in [3.63, 3.8) is 0 Å². The quantitative estimate of drug-likeness (QED) is 0.792. The Labute approximate surface area is 100 Å². The van der Waals surface area contributed by atoms with Gasteiger partial charge in [0.1, 0.15) is 5.75 Å². The van der Waals surface area contributed by atoms with Crippen LogP contribution in [-0.2, 0) is 0 Å². The summed E-state index contributed by atoms with van der Waals surface area (Å²) >= 11 is 0. The SMILES string of the molecule is NCC1CCCCN1C(=O)c1cncc(O)c1. The third kappa shape index (κ3) is 2.55. The van der Waals surface area contributed by atoms with Crippen molar-refractivity contribution in [2.24, 2.45) is 5.73 Å². The lowest BCUT2D eigenvalue weighted by atomic mass is 10.0. The fourth-order valence-corrected chi connectivity index (χ4v) is 2.22. The van der Waals surface area contributed by atoms with Crippen molar-refractivity contribution in [3.05, 3.63) is 24.0 Å². The summed E-state index contributed by atoms with van der Waals surface area (Å²) < 4.78 is 0. The van der Waals surface area contributed by atoms with E-state index in [0.717, 1.165) is 25.8 Å². The van der Waals surface area contributed by atoms with Gasteiger partial charge in [-0.1, -0.05) is 0 Å². The number of carbonyl (C=O) groups excluding carboxylic acids is 1. The van der Waals surface area contributed by atoms with E-state index in [0.29, 0.717) is 12.1 Å². The first-order chi connectivity index (χ1) is 8.22. The number of hydrogen-bond donors (Lipinski definition) is 2. The van der Waals surface area contributed by atoms with Crippen LogP contribution >= 0.6 is 0 Å². The number of hydrogen-bond acceptors (Lipinski definition) is 4. The molecule has 2 heterocycles. The van der Waals surface area contributed by atoms with Gasteiger partial charge in [0.05, 0.1) is 11.8 Å². The Morgan fingerprint density at radius 3 is 3.06 bits per heavy atom. The van der Waals surface area contributed by atoms with Crippen LogP contribution in [-0.4, -0.2) is 40.0 Å². The zero-order valence-electron chi connectivity index (χ0n) is 9.67. The number of piperidine rings is 1. The molecule has 0 saturated carbocycles. The first-order valence-electron chi connectivity index (χ1n) is 5.87. The van der Waals surface area contributed by atoms with E-state index in [1.165, 1.54) is 18.5 Å². The lowest BCUT2D eigenvalue weighted by Gasteiger charge is -2.35. The first-order valence-corrected chi connectivity index (χ1v) is 5.87. The number of pyridine rings is 1. The van der Waals surface area contributed by atoms with Crippen molar-refractivity contribution >= 4 is 5.91 Å². The van der Waals surface area contributed by atoms with Crippen LogP contribution in [0, 0.1) is 0 Å². The highest BCUT2D eigenvalue weighted by molar-refractivity contribution is 5.94. The van der Waals surface area contributed by atoms with Crippen LogP contribution in [0.5, 0.6) is 5.75 Å². The number of carbonyl (C=O) groups is 1. The summed E-state index contributed by atoms with van der Waals surface area (Å²) in [6.07, 6.45) is 5.87. The highest BCUT2D eigenvalue weighted by Gasteiger charge is 2.26. The predicted octanol–water partition coefficient (Wildman–Crippen LogP) is 0.741. The summed E-state index contributed by atoms with van der Waals surface area (Å²) in [4.78, 5) is 17.9. The Balaban J connectivity index is 2.18. The van der Waals surface area contributed by atoms with Gasteiger partial charge < -0.3 is 15.7 Å². The highest BCUT2D eigenvalue weighted by atomic mass is 16.3. The summed E-state index contributed by atoms with van der Waals surface area (Å²) in [5.74, 6) is -0.0827. The van der Waals surface area contributed by atoms with Gasteiger partial charge in [-0.25, -0.2) is 0 Å². The van der Waals surface area contributed by atoms with Crippen LogP contribution < -0.4 is 5.73 Å². The van der Waals surface area contributed by atoms with Crippen molar-refractivity contribution < 1.29 is 9.90 Å². The second kappa shape index (κ2) is 5.14. The maximum atomic E-state index is 12.2. The van der Waals surface area contributed by atoms with E-state index in [1.807, 2.05) is 0 Å². The molecule has 0 radical (unpaired) electrons. The van der Waals surface area contributed by atoms with E-state index in [9.17, 15) is 9.90 Å². The number of likely N-dealkylation sites (tertiary alicyclic amines) is 1. The van der Waals surface area contributed by atoms with Gasteiger partial charge in [-0.15, -0.1) is 0 Å².